The van der Waals surface area contributed by atoms with E-state index in [1.807, 2.05) is 20.8 Å². The molecule has 0 atom stereocenters. The SMILES string of the molecule is CC(C)(C)NC(=O)CCNc1ccc(Cl)nn1. The third kappa shape index (κ3) is 6.06. The van der Waals surface area contributed by atoms with E-state index < -0.39 is 0 Å². The summed E-state index contributed by atoms with van der Waals surface area (Å²) in [6, 6.07) is 3.36. The molecule has 0 radical (unpaired) electrons. The summed E-state index contributed by atoms with van der Waals surface area (Å²) in [5.41, 5.74) is -0.197. The summed E-state index contributed by atoms with van der Waals surface area (Å²) in [4.78, 5) is 11.5. The molecule has 1 aromatic heterocycles. The first-order chi connectivity index (χ1) is 7.87. The highest BCUT2D eigenvalue weighted by Gasteiger charge is 2.12. The van der Waals surface area contributed by atoms with Gasteiger partial charge in [0.15, 0.2) is 5.15 Å². The second-order valence-electron chi connectivity index (χ2n) is 4.72. The zero-order valence-electron chi connectivity index (χ0n) is 10.2. The predicted molar refractivity (Wildman–Crippen MR) is 68.0 cm³/mol. The monoisotopic (exact) mass is 256 g/mol. The predicted octanol–water partition coefficient (Wildman–Crippen LogP) is 1.85. The first kappa shape index (κ1) is 13.7. The van der Waals surface area contributed by atoms with Crippen LogP contribution in [-0.2, 0) is 4.79 Å². The smallest absolute Gasteiger partial charge is 0.222 e. The first-order valence-corrected chi connectivity index (χ1v) is 5.79. The molecule has 0 spiro atoms. The van der Waals surface area contributed by atoms with E-state index in [1.54, 1.807) is 12.1 Å². The second kappa shape index (κ2) is 5.82. The van der Waals surface area contributed by atoms with E-state index in [-0.39, 0.29) is 11.4 Å². The molecule has 0 fully saturated rings. The van der Waals surface area contributed by atoms with Crippen LogP contribution in [0, 0.1) is 0 Å². The van der Waals surface area contributed by atoms with Gasteiger partial charge >= 0.3 is 0 Å². The maximum absolute atomic E-state index is 11.5. The second-order valence-corrected chi connectivity index (χ2v) is 5.10. The summed E-state index contributed by atoms with van der Waals surface area (Å²) >= 11 is 5.60. The molecule has 0 saturated carbocycles. The Kier molecular flexibility index (Phi) is 4.69. The number of nitrogens with one attached hydrogen (secondary N) is 2. The molecular weight excluding hydrogens is 240 g/mol. The van der Waals surface area contributed by atoms with Crippen molar-refractivity contribution in [2.45, 2.75) is 32.7 Å². The summed E-state index contributed by atoms with van der Waals surface area (Å²) in [6.07, 6.45) is 0.390. The fourth-order valence-electron chi connectivity index (χ4n) is 1.20. The summed E-state index contributed by atoms with van der Waals surface area (Å²) in [6.45, 7) is 6.35. The number of amides is 1. The van der Waals surface area contributed by atoms with E-state index in [0.717, 1.165) is 0 Å². The van der Waals surface area contributed by atoms with Gasteiger partial charge in [-0.05, 0) is 32.9 Å². The quantitative estimate of drug-likeness (QED) is 0.863. The summed E-state index contributed by atoms with van der Waals surface area (Å²) in [5.74, 6) is 0.616. The van der Waals surface area contributed by atoms with Gasteiger partial charge in [-0.2, -0.15) is 0 Å². The third-order valence-corrected chi connectivity index (χ3v) is 2.01. The van der Waals surface area contributed by atoms with E-state index >= 15 is 0 Å². The largest absolute Gasteiger partial charge is 0.368 e. The summed E-state index contributed by atoms with van der Waals surface area (Å²) in [5, 5.41) is 13.7. The minimum Gasteiger partial charge on any atom is -0.368 e. The molecule has 17 heavy (non-hydrogen) atoms. The topological polar surface area (TPSA) is 66.9 Å². The van der Waals surface area contributed by atoms with Crippen LogP contribution in [0.15, 0.2) is 12.1 Å². The van der Waals surface area contributed by atoms with Crippen molar-refractivity contribution >= 4 is 23.3 Å². The maximum Gasteiger partial charge on any atom is 0.222 e. The van der Waals surface area contributed by atoms with E-state index in [9.17, 15) is 4.79 Å². The van der Waals surface area contributed by atoms with Crippen LogP contribution in [0.2, 0.25) is 5.15 Å². The fraction of sp³-hybridized carbons (Fsp3) is 0.545. The van der Waals surface area contributed by atoms with E-state index in [4.69, 9.17) is 11.6 Å². The normalized spacial score (nSPS) is 11.1. The molecule has 1 rings (SSSR count). The third-order valence-electron chi connectivity index (χ3n) is 1.80. The van der Waals surface area contributed by atoms with Crippen LogP contribution >= 0.6 is 11.6 Å². The average Bonchev–Trinajstić information content (AvgIpc) is 2.18. The summed E-state index contributed by atoms with van der Waals surface area (Å²) < 4.78 is 0. The molecule has 1 amide bonds. The van der Waals surface area contributed by atoms with Gasteiger partial charge in [0.2, 0.25) is 5.91 Å². The van der Waals surface area contributed by atoms with E-state index in [1.165, 1.54) is 0 Å². The van der Waals surface area contributed by atoms with Crippen molar-refractivity contribution in [3.05, 3.63) is 17.3 Å². The minimum absolute atomic E-state index is 0.00641. The van der Waals surface area contributed by atoms with Crippen LogP contribution < -0.4 is 10.6 Å². The number of carbonyl (C=O) groups is 1. The van der Waals surface area contributed by atoms with Crippen LogP contribution in [0.1, 0.15) is 27.2 Å². The van der Waals surface area contributed by atoms with E-state index in [2.05, 4.69) is 20.8 Å². The zero-order valence-corrected chi connectivity index (χ0v) is 11.0. The van der Waals surface area contributed by atoms with Crippen LogP contribution in [0.25, 0.3) is 0 Å². The highest BCUT2D eigenvalue weighted by atomic mass is 35.5. The molecule has 0 aliphatic heterocycles. The highest BCUT2D eigenvalue weighted by molar-refractivity contribution is 6.29. The summed E-state index contributed by atoms with van der Waals surface area (Å²) in [7, 11) is 0. The zero-order chi connectivity index (χ0) is 12.9. The van der Waals surface area contributed by atoms with Crippen molar-refractivity contribution in [2.24, 2.45) is 0 Å². The number of aromatic nitrogens is 2. The molecule has 0 aromatic carbocycles. The van der Waals surface area contributed by atoms with E-state index in [0.29, 0.717) is 23.9 Å². The van der Waals surface area contributed by atoms with Gasteiger partial charge < -0.3 is 10.6 Å². The van der Waals surface area contributed by atoms with Gasteiger partial charge in [-0.1, -0.05) is 11.6 Å². The molecule has 5 nitrogen and oxygen atoms in total. The molecule has 0 bridgehead atoms. The molecule has 0 aliphatic carbocycles. The lowest BCUT2D eigenvalue weighted by atomic mass is 10.1. The van der Waals surface area contributed by atoms with Crippen LogP contribution in [0.5, 0.6) is 0 Å². The molecule has 0 saturated heterocycles. The average molecular weight is 257 g/mol. The number of carbonyl (C=O) groups excluding carboxylic acids is 1. The number of halogens is 1. The molecule has 94 valence electrons. The molecular formula is C11H17ClN4O. The molecule has 2 N–H and O–H groups in total. The van der Waals surface area contributed by atoms with Gasteiger partial charge in [0.1, 0.15) is 5.82 Å². The lowest BCUT2D eigenvalue weighted by molar-refractivity contribution is -0.122. The van der Waals surface area contributed by atoms with Crippen LogP contribution in [0.4, 0.5) is 5.82 Å². The maximum atomic E-state index is 11.5. The van der Waals surface area contributed by atoms with Gasteiger partial charge in [0, 0.05) is 18.5 Å². The van der Waals surface area contributed by atoms with Crippen molar-refractivity contribution in [1.29, 1.82) is 0 Å². The number of nitrogens with zero attached hydrogens (tertiary/aromatic N) is 2. The molecule has 1 aromatic rings. The van der Waals surface area contributed by atoms with Crippen molar-refractivity contribution in [1.82, 2.24) is 15.5 Å². The van der Waals surface area contributed by atoms with Crippen LogP contribution in [0.3, 0.4) is 0 Å². The van der Waals surface area contributed by atoms with Gasteiger partial charge in [-0.3, -0.25) is 4.79 Å². The van der Waals surface area contributed by atoms with Crippen molar-refractivity contribution in [3.8, 4) is 0 Å². The molecule has 1 heterocycles. The Hall–Kier alpha value is -1.36. The van der Waals surface area contributed by atoms with Gasteiger partial charge in [0.25, 0.3) is 0 Å². The van der Waals surface area contributed by atoms with Crippen molar-refractivity contribution < 1.29 is 4.79 Å². The lowest BCUT2D eigenvalue weighted by Gasteiger charge is -2.20. The Morgan fingerprint density at radius 2 is 2.06 bits per heavy atom. The fourth-order valence-corrected chi connectivity index (χ4v) is 1.30. The van der Waals surface area contributed by atoms with Gasteiger partial charge in [-0.25, -0.2) is 0 Å². The molecule has 0 unspecified atom stereocenters. The number of rotatable bonds is 4. The Bertz CT molecular complexity index is 372. The Labute approximate surface area is 106 Å². The first-order valence-electron chi connectivity index (χ1n) is 5.41. The minimum atomic E-state index is -0.197. The van der Waals surface area contributed by atoms with Gasteiger partial charge in [-0.15, -0.1) is 10.2 Å². The number of hydrogen-bond donors (Lipinski definition) is 2. The molecule has 6 heteroatoms. The Morgan fingerprint density at radius 3 is 2.59 bits per heavy atom. The standard InChI is InChI=1S/C11H17ClN4O/c1-11(2,3)14-10(17)6-7-13-9-5-4-8(12)15-16-9/h4-5H,6-7H2,1-3H3,(H,13,16)(H,14,17). The Morgan fingerprint density at radius 1 is 1.35 bits per heavy atom. The lowest BCUT2D eigenvalue weighted by Crippen LogP contribution is -2.41. The number of anilines is 1. The Balaban J connectivity index is 2.28. The molecule has 0 aliphatic rings. The highest BCUT2D eigenvalue weighted by Crippen LogP contribution is 2.06. The van der Waals surface area contributed by atoms with Crippen molar-refractivity contribution in [2.75, 3.05) is 11.9 Å². The van der Waals surface area contributed by atoms with Crippen molar-refractivity contribution in [3.63, 3.8) is 0 Å². The van der Waals surface area contributed by atoms with Gasteiger partial charge in [0.05, 0.1) is 0 Å². The number of hydrogen-bond acceptors (Lipinski definition) is 4. The van der Waals surface area contributed by atoms with Crippen LogP contribution in [-0.4, -0.2) is 28.2 Å².